The summed E-state index contributed by atoms with van der Waals surface area (Å²) >= 11 is 1.75. The van der Waals surface area contributed by atoms with E-state index in [-0.39, 0.29) is 0 Å². The zero-order chi connectivity index (χ0) is 15.0. The van der Waals surface area contributed by atoms with Crippen LogP contribution < -0.4 is 5.32 Å². The summed E-state index contributed by atoms with van der Waals surface area (Å²) in [6, 6.07) is 9.73. The zero-order valence-electron chi connectivity index (χ0n) is 13.3. The number of aryl methyl sites for hydroxylation is 1. The highest BCUT2D eigenvalue weighted by molar-refractivity contribution is 7.09. The molecule has 2 atom stereocenters. The van der Waals surface area contributed by atoms with Gasteiger partial charge < -0.3 is 5.32 Å². The Morgan fingerprint density at radius 1 is 1.33 bits per heavy atom. The third kappa shape index (κ3) is 2.77. The largest absolute Gasteiger partial charge is 0.303 e. The van der Waals surface area contributed by atoms with Crippen LogP contribution in [0.3, 0.4) is 0 Å². The number of aromatic nitrogens is 1. The highest BCUT2D eigenvalue weighted by Crippen LogP contribution is 2.42. The van der Waals surface area contributed by atoms with E-state index >= 15 is 0 Å². The van der Waals surface area contributed by atoms with Crippen LogP contribution in [-0.2, 0) is 5.41 Å². The zero-order valence-corrected chi connectivity index (χ0v) is 14.1. The molecule has 21 heavy (non-hydrogen) atoms. The maximum atomic E-state index is 4.38. The Morgan fingerprint density at radius 2 is 2.10 bits per heavy atom. The van der Waals surface area contributed by atoms with Crippen molar-refractivity contribution >= 4 is 11.3 Å². The van der Waals surface area contributed by atoms with Gasteiger partial charge in [-0.25, -0.2) is 4.98 Å². The molecule has 112 valence electrons. The number of nitrogens with zero attached hydrogens (tertiary/aromatic N) is 1. The summed E-state index contributed by atoms with van der Waals surface area (Å²) in [4.78, 5) is 5.74. The lowest BCUT2D eigenvalue weighted by atomic mass is 9.71. The van der Waals surface area contributed by atoms with Crippen molar-refractivity contribution in [1.82, 2.24) is 10.3 Å². The van der Waals surface area contributed by atoms with Gasteiger partial charge in [0, 0.05) is 17.0 Å². The standard InChI is InChI=1S/C18H24N2S/c1-12-17(21-11-19-12)13(2)20-16-9-10-18(3,4)15-8-6-5-7-14(15)16/h5-8,11,13,16,20H,9-10H2,1-4H3/t13-,16-/m1/s1. The molecule has 0 aliphatic heterocycles. The van der Waals surface area contributed by atoms with Crippen LogP contribution in [-0.4, -0.2) is 4.98 Å². The summed E-state index contributed by atoms with van der Waals surface area (Å²) in [6.07, 6.45) is 2.43. The molecule has 0 unspecified atom stereocenters. The summed E-state index contributed by atoms with van der Waals surface area (Å²) in [5.74, 6) is 0. The van der Waals surface area contributed by atoms with E-state index in [0.29, 0.717) is 17.5 Å². The first-order chi connectivity index (χ1) is 9.99. The van der Waals surface area contributed by atoms with Crippen molar-refractivity contribution in [3.8, 4) is 0 Å². The minimum atomic E-state index is 0.290. The second kappa shape index (κ2) is 5.54. The average molecular weight is 300 g/mol. The van der Waals surface area contributed by atoms with Gasteiger partial charge in [-0.3, -0.25) is 0 Å². The van der Waals surface area contributed by atoms with Gasteiger partial charge in [-0.1, -0.05) is 38.1 Å². The quantitative estimate of drug-likeness (QED) is 0.870. The lowest BCUT2D eigenvalue weighted by Crippen LogP contribution is -2.33. The van der Waals surface area contributed by atoms with Crippen LogP contribution in [0.5, 0.6) is 0 Å². The number of hydrogen-bond acceptors (Lipinski definition) is 3. The number of thiazole rings is 1. The van der Waals surface area contributed by atoms with Gasteiger partial charge in [-0.05, 0) is 43.2 Å². The first kappa shape index (κ1) is 14.7. The highest BCUT2D eigenvalue weighted by Gasteiger charge is 2.32. The fourth-order valence-electron chi connectivity index (χ4n) is 3.49. The Labute approximate surface area is 131 Å². The SMILES string of the molecule is Cc1ncsc1[C@@H](C)N[C@@H]1CCC(C)(C)c2ccccc21. The summed E-state index contributed by atoms with van der Waals surface area (Å²) in [6.45, 7) is 9.07. The van der Waals surface area contributed by atoms with E-state index < -0.39 is 0 Å². The Morgan fingerprint density at radius 3 is 2.81 bits per heavy atom. The van der Waals surface area contributed by atoms with Crippen LogP contribution in [0.4, 0.5) is 0 Å². The van der Waals surface area contributed by atoms with Crippen LogP contribution in [0, 0.1) is 6.92 Å². The van der Waals surface area contributed by atoms with Crippen molar-refractivity contribution in [2.75, 3.05) is 0 Å². The Kier molecular flexibility index (Phi) is 3.89. The van der Waals surface area contributed by atoms with Gasteiger partial charge >= 0.3 is 0 Å². The number of nitrogens with one attached hydrogen (secondary N) is 1. The second-order valence-electron chi connectivity index (χ2n) is 6.75. The molecular formula is C18H24N2S. The molecule has 0 amide bonds. The molecule has 1 aromatic carbocycles. The fourth-order valence-corrected chi connectivity index (χ4v) is 4.31. The molecule has 2 nitrogen and oxygen atoms in total. The van der Waals surface area contributed by atoms with E-state index in [2.05, 4.69) is 62.3 Å². The number of benzene rings is 1. The predicted molar refractivity (Wildman–Crippen MR) is 89.8 cm³/mol. The molecule has 1 aromatic heterocycles. The van der Waals surface area contributed by atoms with E-state index in [0.717, 1.165) is 5.69 Å². The molecule has 0 saturated heterocycles. The second-order valence-corrected chi connectivity index (χ2v) is 7.64. The maximum Gasteiger partial charge on any atom is 0.0798 e. The maximum absolute atomic E-state index is 4.38. The lowest BCUT2D eigenvalue weighted by Gasteiger charge is -2.38. The molecule has 0 spiro atoms. The van der Waals surface area contributed by atoms with Gasteiger partial charge in [0.25, 0.3) is 0 Å². The van der Waals surface area contributed by atoms with E-state index in [4.69, 9.17) is 0 Å². The molecule has 0 radical (unpaired) electrons. The third-order valence-electron chi connectivity index (χ3n) is 4.75. The van der Waals surface area contributed by atoms with Gasteiger partial charge in [-0.15, -0.1) is 11.3 Å². The molecule has 0 fully saturated rings. The molecule has 3 heteroatoms. The molecule has 0 saturated carbocycles. The van der Waals surface area contributed by atoms with Crippen LogP contribution in [0.15, 0.2) is 29.8 Å². The van der Waals surface area contributed by atoms with Crippen LogP contribution in [0.2, 0.25) is 0 Å². The smallest absolute Gasteiger partial charge is 0.0798 e. The minimum Gasteiger partial charge on any atom is -0.303 e. The Bertz CT molecular complexity index is 630. The van der Waals surface area contributed by atoms with Crippen LogP contribution in [0.1, 0.15) is 67.4 Å². The van der Waals surface area contributed by atoms with Gasteiger partial charge in [0.15, 0.2) is 0 Å². The highest BCUT2D eigenvalue weighted by atomic mass is 32.1. The predicted octanol–water partition coefficient (Wildman–Crippen LogP) is 4.91. The number of hydrogen-bond donors (Lipinski definition) is 1. The number of fused-ring (bicyclic) bond motifs is 1. The molecular weight excluding hydrogens is 276 g/mol. The average Bonchev–Trinajstić information content (AvgIpc) is 2.89. The summed E-state index contributed by atoms with van der Waals surface area (Å²) < 4.78 is 0. The minimum absolute atomic E-state index is 0.290. The van der Waals surface area contributed by atoms with Crippen molar-refractivity contribution in [3.05, 3.63) is 51.5 Å². The third-order valence-corrected chi connectivity index (χ3v) is 5.86. The Balaban J connectivity index is 1.86. The topological polar surface area (TPSA) is 24.9 Å². The van der Waals surface area contributed by atoms with Gasteiger partial charge in [-0.2, -0.15) is 0 Å². The summed E-state index contributed by atoms with van der Waals surface area (Å²) in [5.41, 5.74) is 6.37. The summed E-state index contributed by atoms with van der Waals surface area (Å²) in [5, 5.41) is 3.83. The monoisotopic (exact) mass is 300 g/mol. The first-order valence-corrected chi connectivity index (χ1v) is 8.62. The van der Waals surface area contributed by atoms with E-state index in [1.54, 1.807) is 11.3 Å². The van der Waals surface area contributed by atoms with Gasteiger partial charge in [0.05, 0.1) is 11.2 Å². The summed E-state index contributed by atoms with van der Waals surface area (Å²) in [7, 11) is 0. The molecule has 1 aliphatic rings. The normalized spacial score (nSPS) is 21.8. The van der Waals surface area contributed by atoms with E-state index in [1.165, 1.54) is 28.8 Å². The van der Waals surface area contributed by atoms with Crippen molar-refractivity contribution in [2.24, 2.45) is 0 Å². The molecule has 0 bridgehead atoms. The molecule has 2 aromatic rings. The molecule has 1 heterocycles. The number of rotatable bonds is 3. The van der Waals surface area contributed by atoms with Gasteiger partial charge in [0.2, 0.25) is 0 Å². The van der Waals surface area contributed by atoms with Crippen molar-refractivity contribution in [1.29, 1.82) is 0 Å². The van der Waals surface area contributed by atoms with Crippen LogP contribution >= 0.6 is 11.3 Å². The van der Waals surface area contributed by atoms with E-state index in [9.17, 15) is 0 Å². The Hall–Kier alpha value is -1.19. The van der Waals surface area contributed by atoms with Crippen LogP contribution in [0.25, 0.3) is 0 Å². The lowest BCUT2D eigenvalue weighted by molar-refractivity contribution is 0.341. The molecule has 3 rings (SSSR count). The fraction of sp³-hybridized carbons (Fsp3) is 0.500. The van der Waals surface area contributed by atoms with Crippen molar-refractivity contribution < 1.29 is 0 Å². The van der Waals surface area contributed by atoms with E-state index in [1.807, 2.05) is 5.51 Å². The van der Waals surface area contributed by atoms with Gasteiger partial charge in [0.1, 0.15) is 0 Å². The first-order valence-electron chi connectivity index (χ1n) is 7.74. The molecule has 1 aliphatic carbocycles. The van der Waals surface area contributed by atoms with Crippen molar-refractivity contribution in [3.63, 3.8) is 0 Å². The van der Waals surface area contributed by atoms with Crippen molar-refractivity contribution in [2.45, 2.75) is 58.0 Å². The molecule has 1 N–H and O–H groups in total.